The van der Waals surface area contributed by atoms with Crippen molar-refractivity contribution in [3.63, 3.8) is 0 Å². The van der Waals surface area contributed by atoms with E-state index in [1.54, 1.807) is 0 Å². The molecule has 0 unspecified atom stereocenters. The number of ether oxygens (including phenoxy) is 1. The zero-order valence-electron chi connectivity index (χ0n) is 11.9. The molecule has 1 aromatic heterocycles. The van der Waals surface area contributed by atoms with E-state index in [0.29, 0.717) is 38.4 Å². The van der Waals surface area contributed by atoms with E-state index in [1.807, 2.05) is 0 Å². The molecular formula is C13H23N5O2. The molecule has 1 fully saturated rings. The summed E-state index contributed by atoms with van der Waals surface area (Å²) in [5, 5.41) is 13.7. The molecule has 0 spiro atoms. The fraction of sp³-hybridized carbons (Fsp3) is 0.692. The van der Waals surface area contributed by atoms with Crippen molar-refractivity contribution in [2.24, 2.45) is 5.84 Å². The average Bonchev–Trinajstić information content (AvgIpc) is 2.47. The molecule has 2 rings (SSSR count). The first-order valence-electron chi connectivity index (χ1n) is 7.03. The van der Waals surface area contributed by atoms with Gasteiger partial charge in [-0.25, -0.2) is 15.8 Å². The maximum Gasteiger partial charge on any atom is 0.148 e. The lowest BCUT2D eigenvalue weighted by Crippen LogP contribution is -2.42. The Morgan fingerprint density at radius 3 is 2.70 bits per heavy atom. The number of hydrogen-bond acceptors (Lipinski definition) is 7. The molecule has 0 amide bonds. The Morgan fingerprint density at radius 1 is 1.35 bits per heavy atom. The minimum atomic E-state index is -0.733. The smallest absolute Gasteiger partial charge is 0.148 e. The number of aliphatic hydroxyl groups is 1. The summed E-state index contributed by atoms with van der Waals surface area (Å²) >= 11 is 0. The van der Waals surface area contributed by atoms with Crippen LogP contribution in [0.1, 0.15) is 31.7 Å². The van der Waals surface area contributed by atoms with E-state index in [4.69, 9.17) is 10.6 Å². The number of nitrogen functional groups attached to an aromatic ring is 1. The normalized spacial score (nSPS) is 17.8. The van der Waals surface area contributed by atoms with Crippen LogP contribution in [0.15, 0.2) is 6.33 Å². The van der Waals surface area contributed by atoms with E-state index < -0.39 is 5.60 Å². The van der Waals surface area contributed by atoms with Gasteiger partial charge in [-0.05, 0) is 6.42 Å². The summed E-state index contributed by atoms with van der Waals surface area (Å²) in [6.45, 7) is 3.73. The molecule has 5 N–H and O–H groups in total. The van der Waals surface area contributed by atoms with Crippen molar-refractivity contribution in [3.8, 4) is 0 Å². The van der Waals surface area contributed by atoms with Crippen LogP contribution in [0.2, 0.25) is 0 Å². The molecule has 1 aliphatic rings. The molecule has 1 saturated heterocycles. The van der Waals surface area contributed by atoms with Gasteiger partial charge in [0, 0.05) is 38.2 Å². The highest BCUT2D eigenvalue weighted by molar-refractivity contribution is 5.57. The Labute approximate surface area is 118 Å². The van der Waals surface area contributed by atoms with Gasteiger partial charge in [0.25, 0.3) is 0 Å². The molecule has 2 heterocycles. The van der Waals surface area contributed by atoms with Gasteiger partial charge in [0.05, 0.1) is 5.60 Å². The molecule has 0 radical (unpaired) electrons. The van der Waals surface area contributed by atoms with Crippen LogP contribution in [0.4, 0.5) is 11.6 Å². The zero-order chi connectivity index (χ0) is 14.4. The quantitative estimate of drug-likeness (QED) is 0.448. The molecular weight excluding hydrogens is 258 g/mol. The Morgan fingerprint density at radius 2 is 2.05 bits per heavy atom. The van der Waals surface area contributed by atoms with Gasteiger partial charge >= 0.3 is 0 Å². The molecule has 0 saturated carbocycles. The summed E-state index contributed by atoms with van der Waals surface area (Å²) in [5.74, 6) is 6.84. The van der Waals surface area contributed by atoms with Crippen LogP contribution in [0.3, 0.4) is 0 Å². The van der Waals surface area contributed by atoms with E-state index in [9.17, 15) is 5.11 Å². The van der Waals surface area contributed by atoms with E-state index in [2.05, 4.69) is 27.6 Å². The lowest BCUT2D eigenvalue weighted by molar-refractivity contribution is -0.0543. The lowest BCUT2D eigenvalue weighted by atomic mass is 9.94. The number of hydrogen-bond donors (Lipinski definition) is 4. The predicted molar refractivity (Wildman–Crippen MR) is 77.3 cm³/mol. The fourth-order valence-electron chi connectivity index (χ4n) is 2.35. The number of nitrogens with one attached hydrogen (secondary N) is 2. The van der Waals surface area contributed by atoms with Gasteiger partial charge in [0.2, 0.25) is 0 Å². The molecule has 7 nitrogen and oxygen atoms in total. The molecule has 0 bridgehead atoms. The third kappa shape index (κ3) is 3.56. The maximum absolute atomic E-state index is 10.5. The summed E-state index contributed by atoms with van der Waals surface area (Å²) in [6.07, 6.45) is 4.52. The third-order valence-corrected chi connectivity index (χ3v) is 3.59. The van der Waals surface area contributed by atoms with Crippen LogP contribution in [-0.2, 0) is 11.2 Å². The van der Waals surface area contributed by atoms with Gasteiger partial charge in [-0.1, -0.05) is 13.3 Å². The Balaban J connectivity index is 2.08. The van der Waals surface area contributed by atoms with Gasteiger partial charge in [-0.15, -0.1) is 0 Å². The summed E-state index contributed by atoms with van der Waals surface area (Å²) in [5.41, 5.74) is 2.81. The fourth-order valence-corrected chi connectivity index (χ4v) is 2.35. The highest BCUT2D eigenvalue weighted by Gasteiger charge is 2.29. The molecule has 0 aromatic carbocycles. The van der Waals surface area contributed by atoms with Gasteiger partial charge in [0.1, 0.15) is 18.0 Å². The Hall–Kier alpha value is -1.44. The summed E-state index contributed by atoms with van der Waals surface area (Å²) in [6, 6.07) is 0. The van der Waals surface area contributed by atoms with Crippen LogP contribution < -0.4 is 16.6 Å². The standard InChI is InChI=1S/C13H23N5O2/c1-2-3-10-11(16-9-17-12(10)18-14)15-8-13(19)4-6-20-7-5-13/h9,19H,2-8,14H2,1H3,(H2,15,16,17,18). The van der Waals surface area contributed by atoms with E-state index in [0.717, 1.165) is 24.2 Å². The lowest BCUT2D eigenvalue weighted by Gasteiger charge is -2.32. The van der Waals surface area contributed by atoms with Crippen molar-refractivity contribution >= 4 is 11.6 Å². The second-order valence-corrected chi connectivity index (χ2v) is 5.13. The predicted octanol–water partition coefficient (Wildman–Crippen LogP) is 0.668. The monoisotopic (exact) mass is 281 g/mol. The first-order chi connectivity index (χ1) is 9.68. The molecule has 1 aromatic rings. The largest absolute Gasteiger partial charge is 0.388 e. The number of rotatable bonds is 6. The van der Waals surface area contributed by atoms with Gasteiger partial charge in [-0.3, -0.25) is 0 Å². The zero-order valence-corrected chi connectivity index (χ0v) is 11.9. The third-order valence-electron chi connectivity index (χ3n) is 3.59. The average molecular weight is 281 g/mol. The second kappa shape index (κ2) is 6.83. The highest BCUT2D eigenvalue weighted by Crippen LogP contribution is 2.24. The van der Waals surface area contributed by atoms with Crippen molar-refractivity contribution in [1.82, 2.24) is 9.97 Å². The van der Waals surface area contributed by atoms with Crippen molar-refractivity contribution in [1.29, 1.82) is 0 Å². The van der Waals surface area contributed by atoms with E-state index in [1.165, 1.54) is 6.33 Å². The second-order valence-electron chi connectivity index (χ2n) is 5.13. The van der Waals surface area contributed by atoms with Crippen molar-refractivity contribution in [2.45, 2.75) is 38.2 Å². The maximum atomic E-state index is 10.5. The van der Waals surface area contributed by atoms with Crippen LogP contribution in [0.5, 0.6) is 0 Å². The van der Waals surface area contributed by atoms with Gasteiger partial charge < -0.3 is 20.6 Å². The van der Waals surface area contributed by atoms with Crippen LogP contribution in [0, 0.1) is 0 Å². The molecule has 1 aliphatic heterocycles. The number of hydrazine groups is 1. The Bertz CT molecular complexity index is 435. The summed E-state index contributed by atoms with van der Waals surface area (Å²) in [7, 11) is 0. The number of nitrogens with two attached hydrogens (primary N) is 1. The van der Waals surface area contributed by atoms with Gasteiger partial charge in [0.15, 0.2) is 0 Å². The topological polar surface area (TPSA) is 105 Å². The molecule has 112 valence electrons. The first-order valence-corrected chi connectivity index (χ1v) is 7.03. The first kappa shape index (κ1) is 15.0. The van der Waals surface area contributed by atoms with E-state index >= 15 is 0 Å². The number of anilines is 2. The molecule has 0 atom stereocenters. The molecule has 0 aliphatic carbocycles. The van der Waals surface area contributed by atoms with Crippen molar-refractivity contribution < 1.29 is 9.84 Å². The number of aromatic nitrogens is 2. The number of nitrogens with zero attached hydrogens (tertiary/aromatic N) is 2. The van der Waals surface area contributed by atoms with Crippen LogP contribution in [0.25, 0.3) is 0 Å². The van der Waals surface area contributed by atoms with Crippen LogP contribution >= 0.6 is 0 Å². The van der Waals surface area contributed by atoms with Crippen LogP contribution in [-0.4, -0.2) is 40.4 Å². The molecule has 20 heavy (non-hydrogen) atoms. The van der Waals surface area contributed by atoms with E-state index in [-0.39, 0.29) is 0 Å². The van der Waals surface area contributed by atoms with Gasteiger partial charge in [-0.2, -0.15) is 0 Å². The Kier molecular flexibility index (Phi) is 5.11. The summed E-state index contributed by atoms with van der Waals surface area (Å²) < 4.78 is 5.28. The SMILES string of the molecule is CCCc1c(NN)ncnc1NCC1(O)CCOCC1. The summed E-state index contributed by atoms with van der Waals surface area (Å²) in [4.78, 5) is 8.38. The minimum Gasteiger partial charge on any atom is -0.388 e. The highest BCUT2D eigenvalue weighted by atomic mass is 16.5. The van der Waals surface area contributed by atoms with Crippen molar-refractivity contribution in [2.75, 3.05) is 30.5 Å². The molecule has 7 heteroatoms. The minimum absolute atomic E-state index is 0.452. The van der Waals surface area contributed by atoms with Crippen molar-refractivity contribution in [3.05, 3.63) is 11.9 Å².